The number of hydrogen-bond donors (Lipinski definition) is 0. The molecule has 1 aliphatic rings. The molecule has 0 aliphatic heterocycles. The molecule has 88 valence electrons. The first-order valence-electron chi connectivity index (χ1n) is 5.71. The molecule has 0 amide bonds. The third-order valence-corrected chi connectivity index (χ3v) is 4.26. The van der Waals surface area contributed by atoms with Crippen LogP contribution in [0.1, 0.15) is 18.4 Å². The average Bonchev–Trinajstić information content (AvgIpc) is 2.19. The molecule has 0 radical (unpaired) electrons. The molecule has 0 spiro atoms. The number of rotatable bonds is 4. The molecular formula is C13H17BrClN. The van der Waals surface area contributed by atoms with E-state index in [9.17, 15) is 0 Å². The summed E-state index contributed by atoms with van der Waals surface area (Å²) in [6.45, 7) is 2.12. The van der Waals surface area contributed by atoms with E-state index in [0.29, 0.717) is 0 Å². The predicted octanol–water partition coefficient (Wildman–Crippen LogP) is 3.95. The van der Waals surface area contributed by atoms with Gasteiger partial charge in [0.1, 0.15) is 0 Å². The predicted molar refractivity (Wildman–Crippen MR) is 73.2 cm³/mol. The van der Waals surface area contributed by atoms with Gasteiger partial charge in [0.2, 0.25) is 0 Å². The van der Waals surface area contributed by atoms with Gasteiger partial charge in [-0.25, -0.2) is 0 Å². The minimum atomic E-state index is 0.756. The van der Waals surface area contributed by atoms with Gasteiger partial charge in [0.15, 0.2) is 0 Å². The second-order valence-electron chi connectivity index (χ2n) is 4.72. The summed E-state index contributed by atoms with van der Waals surface area (Å²) in [4.78, 5) is 3.12. The highest BCUT2D eigenvalue weighted by molar-refractivity contribution is 9.09. The quantitative estimate of drug-likeness (QED) is 0.761. The van der Waals surface area contributed by atoms with Gasteiger partial charge in [-0.05, 0) is 37.4 Å². The van der Waals surface area contributed by atoms with E-state index in [4.69, 9.17) is 11.6 Å². The van der Waals surface area contributed by atoms with E-state index >= 15 is 0 Å². The molecule has 0 atom stereocenters. The van der Waals surface area contributed by atoms with E-state index in [2.05, 4.69) is 33.9 Å². The maximum absolute atomic E-state index is 6.14. The normalized spacial score (nSPS) is 24.5. The SMILES string of the molecule is CN(Cc1ccccc1Cl)CC1CC(Br)C1. The fourth-order valence-electron chi connectivity index (χ4n) is 2.23. The van der Waals surface area contributed by atoms with Crippen LogP contribution in [0.15, 0.2) is 24.3 Å². The zero-order valence-corrected chi connectivity index (χ0v) is 11.8. The van der Waals surface area contributed by atoms with Gasteiger partial charge in [0.25, 0.3) is 0 Å². The van der Waals surface area contributed by atoms with E-state index in [1.807, 2.05) is 18.2 Å². The molecule has 1 fully saturated rings. The van der Waals surface area contributed by atoms with Crippen LogP contribution in [0.5, 0.6) is 0 Å². The molecule has 0 unspecified atom stereocenters. The monoisotopic (exact) mass is 301 g/mol. The summed E-state index contributed by atoms with van der Waals surface area (Å²) in [5.74, 6) is 0.858. The van der Waals surface area contributed by atoms with Gasteiger partial charge < -0.3 is 4.90 Å². The average molecular weight is 303 g/mol. The molecule has 3 heteroatoms. The Labute approximate surface area is 111 Å². The minimum Gasteiger partial charge on any atom is -0.302 e. The summed E-state index contributed by atoms with van der Waals surface area (Å²) in [5.41, 5.74) is 1.22. The van der Waals surface area contributed by atoms with Crippen LogP contribution in [0.3, 0.4) is 0 Å². The molecule has 1 aliphatic carbocycles. The maximum atomic E-state index is 6.14. The summed E-state index contributed by atoms with van der Waals surface area (Å²) in [6.07, 6.45) is 2.62. The van der Waals surface area contributed by atoms with Crippen molar-refractivity contribution in [3.05, 3.63) is 34.9 Å². The molecule has 16 heavy (non-hydrogen) atoms. The van der Waals surface area contributed by atoms with E-state index < -0.39 is 0 Å². The van der Waals surface area contributed by atoms with Gasteiger partial charge in [-0.15, -0.1) is 0 Å². The molecule has 0 saturated heterocycles. The fraction of sp³-hybridized carbons (Fsp3) is 0.538. The van der Waals surface area contributed by atoms with Gasteiger partial charge in [-0.2, -0.15) is 0 Å². The molecule has 1 aromatic rings. The molecule has 1 saturated carbocycles. The lowest BCUT2D eigenvalue weighted by atomic mass is 9.85. The van der Waals surface area contributed by atoms with Crippen molar-refractivity contribution >= 4 is 27.5 Å². The van der Waals surface area contributed by atoms with Crippen molar-refractivity contribution < 1.29 is 0 Å². The van der Waals surface area contributed by atoms with Gasteiger partial charge in [-0.3, -0.25) is 0 Å². The standard InChI is InChI=1S/C13H17BrClN/c1-16(8-10-6-12(14)7-10)9-11-4-2-3-5-13(11)15/h2-5,10,12H,6-9H2,1H3. The van der Waals surface area contributed by atoms with E-state index in [-0.39, 0.29) is 0 Å². The van der Waals surface area contributed by atoms with Crippen LogP contribution in [0.4, 0.5) is 0 Å². The van der Waals surface area contributed by atoms with Gasteiger partial charge in [0, 0.05) is 22.9 Å². The maximum Gasteiger partial charge on any atom is 0.0451 e. The zero-order chi connectivity index (χ0) is 11.5. The zero-order valence-electron chi connectivity index (χ0n) is 9.50. The summed E-state index contributed by atoms with van der Waals surface area (Å²) < 4.78 is 0. The van der Waals surface area contributed by atoms with E-state index in [1.165, 1.54) is 24.9 Å². The number of halogens is 2. The Morgan fingerprint density at radius 3 is 2.69 bits per heavy atom. The van der Waals surface area contributed by atoms with Crippen LogP contribution in [-0.4, -0.2) is 23.3 Å². The highest BCUT2D eigenvalue weighted by atomic mass is 79.9. The lowest BCUT2D eigenvalue weighted by molar-refractivity contribution is 0.208. The lowest BCUT2D eigenvalue weighted by Gasteiger charge is -2.34. The molecule has 0 aromatic heterocycles. The Morgan fingerprint density at radius 1 is 1.38 bits per heavy atom. The fourth-order valence-corrected chi connectivity index (χ4v) is 3.48. The Bertz CT molecular complexity index is 350. The topological polar surface area (TPSA) is 3.24 Å². The summed E-state index contributed by atoms with van der Waals surface area (Å²) in [5, 5.41) is 0.876. The Kier molecular flexibility index (Phi) is 4.28. The first-order valence-corrected chi connectivity index (χ1v) is 7.00. The molecule has 1 nitrogen and oxygen atoms in total. The van der Waals surface area contributed by atoms with Crippen LogP contribution in [-0.2, 0) is 6.54 Å². The first kappa shape index (κ1) is 12.4. The third-order valence-electron chi connectivity index (χ3n) is 3.15. The summed E-state index contributed by atoms with van der Waals surface area (Å²) in [7, 11) is 2.17. The van der Waals surface area contributed by atoms with Crippen molar-refractivity contribution in [2.24, 2.45) is 5.92 Å². The second-order valence-corrected chi connectivity index (χ2v) is 6.43. The van der Waals surface area contributed by atoms with Crippen molar-refractivity contribution in [2.45, 2.75) is 24.2 Å². The first-order chi connectivity index (χ1) is 7.65. The largest absolute Gasteiger partial charge is 0.302 e. The minimum absolute atomic E-state index is 0.756. The number of alkyl halides is 1. The Morgan fingerprint density at radius 2 is 2.06 bits per heavy atom. The van der Waals surface area contributed by atoms with Crippen LogP contribution in [0.2, 0.25) is 5.02 Å². The van der Waals surface area contributed by atoms with Crippen molar-refractivity contribution in [2.75, 3.05) is 13.6 Å². The van der Waals surface area contributed by atoms with E-state index in [0.717, 1.165) is 22.3 Å². The highest BCUT2D eigenvalue weighted by Crippen LogP contribution is 2.33. The van der Waals surface area contributed by atoms with Gasteiger partial charge in [-0.1, -0.05) is 45.7 Å². The van der Waals surface area contributed by atoms with Crippen LogP contribution in [0, 0.1) is 5.92 Å². The molecular weight excluding hydrogens is 286 g/mol. The van der Waals surface area contributed by atoms with Crippen molar-refractivity contribution in [3.8, 4) is 0 Å². The number of benzene rings is 1. The van der Waals surface area contributed by atoms with Crippen LogP contribution >= 0.6 is 27.5 Å². The van der Waals surface area contributed by atoms with Crippen LogP contribution < -0.4 is 0 Å². The van der Waals surface area contributed by atoms with Crippen molar-refractivity contribution in [1.29, 1.82) is 0 Å². The summed E-state index contributed by atoms with van der Waals surface area (Å²) >= 11 is 9.77. The van der Waals surface area contributed by atoms with Crippen molar-refractivity contribution in [3.63, 3.8) is 0 Å². The molecule has 0 bridgehead atoms. The number of hydrogen-bond acceptors (Lipinski definition) is 1. The Balaban J connectivity index is 1.83. The van der Waals surface area contributed by atoms with Gasteiger partial charge in [0.05, 0.1) is 0 Å². The Hall–Kier alpha value is -0.0500. The lowest BCUT2D eigenvalue weighted by Crippen LogP contribution is -2.34. The van der Waals surface area contributed by atoms with Crippen molar-refractivity contribution in [1.82, 2.24) is 4.90 Å². The summed E-state index contributed by atoms with van der Waals surface area (Å²) in [6, 6.07) is 8.09. The molecule has 2 rings (SSSR count). The highest BCUT2D eigenvalue weighted by Gasteiger charge is 2.27. The van der Waals surface area contributed by atoms with Gasteiger partial charge >= 0.3 is 0 Å². The molecule has 0 heterocycles. The third kappa shape index (κ3) is 3.22. The number of nitrogens with zero attached hydrogens (tertiary/aromatic N) is 1. The smallest absolute Gasteiger partial charge is 0.0451 e. The molecule has 1 aromatic carbocycles. The van der Waals surface area contributed by atoms with E-state index in [1.54, 1.807) is 0 Å². The second kappa shape index (κ2) is 5.52. The van der Waals surface area contributed by atoms with Crippen LogP contribution in [0.25, 0.3) is 0 Å². The molecule has 0 N–H and O–H groups in total.